The van der Waals surface area contributed by atoms with Gasteiger partial charge < -0.3 is 10.4 Å². The van der Waals surface area contributed by atoms with Gasteiger partial charge in [0, 0.05) is 17.5 Å². The third kappa shape index (κ3) is 4.08. The summed E-state index contributed by atoms with van der Waals surface area (Å²) in [5.74, 6) is 0.0574. The molecule has 0 fully saturated rings. The molecule has 0 saturated carbocycles. The van der Waals surface area contributed by atoms with Crippen LogP contribution in [0.2, 0.25) is 5.02 Å². The Balaban J connectivity index is 1.84. The Labute approximate surface area is 118 Å². The van der Waals surface area contributed by atoms with Gasteiger partial charge in [-0.2, -0.15) is 0 Å². The number of carbonyl (C=O) groups excluding carboxylic acids is 1. The second kappa shape index (κ2) is 6.73. The molecule has 2 rings (SSSR count). The minimum Gasteiger partial charge on any atom is -0.387 e. The lowest BCUT2D eigenvalue weighted by Crippen LogP contribution is -2.34. The van der Waals surface area contributed by atoms with Crippen LogP contribution in [0.4, 0.5) is 0 Å². The fourth-order valence-corrected chi connectivity index (χ4v) is 2.40. The fraction of sp³-hybridized carbons (Fsp3) is 0.400. The van der Waals surface area contributed by atoms with Crippen LogP contribution in [-0.2, 0) is 4.79 Å². The Morgan fingerprint density at radius 1 is 1.47 bits per heavy atom. The van der Waals surface area contributed by atoms with Gasteiger partial charge in [0.15, 0.2) is 0 Å². The van der Waals surface area contributed by atoms with Crippen LogP contribution in [0.25, 0.3) is 0 Å². The maximum Gasteiger partial charge on any atom is 0.223 e. The van der Waals surface area contributed by atoms with Gasteiger partial charge in [-0.1, -0.05) is 35.9 Å². The van der Waals surface area contributed by atoms with Crippen LogP contribution in [0.5, 0.6) is 0 Å². The van der Waals surface area contributed by atoms with Gasteiger partial charge in [-0.3, -0.25) is 4.79 Å². The Morgan fingerprint density at radius 3 is 3.00 bits per heavy atom. The lowest BCUT2D eigenvalue weighted by molar-refractivity contribution is -0.125. The van der Waals surface area contributed by atoms with E-state index < -0.39 is 6.10 Å². The van der Waals surface area contributed by atoms with E-state index in [0.29, 0.717) is 5.02 Å². The summed E-state index contributed by atoms with van der Waals surface area (Å²) in [5.41, 5.74) is 0.719. The molecule has 2 atom stereocenters. The minimum atomic E-state index is -0.721. The number of halogens is 1. The third-order valence-electron chi connectivity index (χ3n) is 3.34. The van der Waals surface area contributed by atoms with E-state index in [2.05, 4.69) is 11.4 Å². The molecule has 0 bridgehead atoms. The van der Waals surface area contributed by atoms with E-state index in [1.165, 1.54) is 0 Å². The molecular formula is C15H18ClNO2. The lowest BCUT2D eigenvalue weighted by Gasteiger charge is -2.19. The van der Waals surface area contributed by atoms with Crippen LogP contribution in [0.1, 0.15) is 30.9 Å². The van der Waals surface area contributed by atoms with Crippen molar-refractivity contribution < 1.29 is 9.90 Å². The number of allylic oxidation sites excluding steroid dienone is 2. The quantitative estimate of drug-likeness (QED) is 0.833. The smallest absolute Gasteiger partial charge is 0.223 e. The Kier molecular flexibility index (Phi) is 5.00. The topological polar surface area (TPSA) is 49.3 Å². The summed E-state index contributed by atoms with van der Waals surface area (Å²) < 4.78 is 0. The zero-order chi connectivity index (χ0) is 13.7. The Hall–Kier alpha value is -1.32. The summed E-state index contributed by atoms with van der Waals surface area (Å²) in [6, 6.07) is 7.05. The molecule has 1 aliphatic carbocycles. The SMILES string of the molecule is O=C(NC[C@@H](O)c1cccc(Cl)c1)[C@@H]1CC=CCC1. The van der Waals surface area contributed by atoms with E-state index in [1.54, 1.807) is 24.3 Å². The largest absolute Gasteiger partial charge is 0.387 e. The van der Waals surface area contributed by atoms with Crippen molar-refractivity contribution in [1.82, 2.24) is 5.32 Å². The number of hydrogen-bond acceptors (Lipinski definition) is 2. The Bertz CT molecular complexity index is 473. The number of rotatable bonds is 4. The number of amides is 1. The van der Waals surface area contributed by atoms with Crippen LogP contribution >= 0.6 is 11.6 Å². The van der Waals surface area contributed by atoms with E-state index in [-0.39, 0.29) is 18.4 Å². The van der Waals surface area contributed by atoms with Crippen molar-refractivity contribution in [3.8, 4) is 0 Å². The molecule has 0 unspecified atom stereocenters. The van der Waals surface area contributed by atoms with Crippen LogP contribution < -0.4 is 5.32 Å². The van der Waals surface area contributed by atoms with E-state index >= 15 is 0 Å². The molecular weight excluding hydrogens is 262 g/mol. The van der Waals surface area contributed by atoms with Gasteiger partial charge in [-0.05, 0) is 37.0 Å². The highest BCUT2D eigenvalue weighted by molar-refractivity contribution is 6.30. The van der Waals surface area contributed by atoms with Crippen molar-refractivity contribution in [3.05, 3.63) is 47.0 Å². The molecule has 1 amide bonds. The Morgan fingerprint density at radius 2 is 2.32 bits per heavy atom. The molecule has 19 heavy (non-hydrogen) atoms. The molecule has 0 aliphatic heterocycles. The molecule has 2 N–H and O–H groups in total. The van der Waals surface area contributed by atoms with Gasteiger partial charge in [-0.15, -0.1) is 0 Å². The maximum atomic E-state index is 11.9. The molecule has 0 aromatic heterocycles. The first kappa shape index (κ1) is 14.1. The average Bonchev–Trinajstić information content (AvgIpc) is 2.45. The van der Waals surface area contributed by atoms with Crippen molar-refractivity contribution in [2.45, 2.75) is 25.4 Å². The minimum absolute atomic E-state index is 0.0189. The van der Waals surface area contributed by atoms with Crippen LogP contribution in [0.3, 0.4) is 0 Å². The van der Waals surface area contributed by atoms with Gasteiger partial charge in [0.05, 0.1) is 6.10 Å². The fourth-order valence-electron chi connectivity index (χ4n) is 2.21. The highest BCUT2D eigenvalue weighted by Gasteiger charge is 2.19. The second-order valence-electron chi connectivity index (χ2n) is 4.80. The molecule has 1 aromatic carbocycles. The zero-order valence-electron chi connectivity index (χ0n) is 10.7. The predicted molar refractivity (Wildman–Crippen MR) is 75.9 cm³/mol. The maximum absolute atomic E-state index is 11.9. The van der Waals surface area contributed by atoms with E-state index in [9.17, 15) is 9.90 Å². The van der Waals surface area contributed by atoms with Gasteiger partial charge in [0.25, 0.3) is 0 Å². The first-order valence-corrected chi connectivity index (χ1v) is 6.91. The summed E-state index contributed by atoms with van der Waals surface area (Å²) in [4.78, 5) is 11.9. The molecule has 3 nitrogen and oxygen atoms in total. The first-order valence-electron chi connectivity index (χ1n) is 6.53. The van der Waals surface area contributed by atoms with Crippen molar-refractivity contribution in [2.24, 2.45) is 5.92 Å². The summed E-state index contributed by atoms with van der Waals surface area (Å²) in [6.45, 7) is 0.222. The third-order valence-corrected chi connectivity index (χ3v) is 3.58. The van der Waals surface area contributed by atoms with E-state index in [0.717, 1.165) is 24.8 Å². The van der Waals surface area contributed by atoms with E-state index in [4.69, 9.17) is 11.6 Å². The van der Waals surface area contributed by atoms with Crippen LogP contribution in [-0.4, -0.2) is 17.6 Å². The number of hydrogen-bond donors (Lipinski definition) is 2. The number of aliphatic hydroxyl groups excluding tert-OH is 1. The highest BCUT2D eigenvalue weighted by Crippen LogP contribution is 2.19. The lowest BCUT2D eigenvalue weighted by atomic mass is 9.93. The monoisotopic (exact) mass is 279 g/mol. The summed E-state index contributed by atoms with van der Waals surface area (Å²) in [7, 11) is 0. The summed E-state index contributed by atoms with van der Waals surface area (Å²) in [5, 5.41) is 13.4. The average molecular weight is 280 g/mol. The molecule has 0 saturated heterocycles. The number of benzene rings is 1. The first-order chi connectivity index (χ1) is 9.16. The molecule has 0 radical (unpaired) electrons. The summed E-state index contributed by atoms with van der Waals surface area (Å²) in [6.07, 6.45) is 6.05. The van der Waals surface area contributed by atoms with Gasteiger partial charge >= 0.3 is 0 Å². The standard InChI is InChI=1S/C15H18ClNO2/c16-13-8-4-7-12(9-13)14(18)10-17-15(19)11-5-2-1-3-6-11/h1-2,4,7-9,11,14,18H,3,5-6,10H2,(H,17,19)/t11-,14-/m1/s1. The van der Waals surface area contributed by atoms with Gasteiger partial charge in [0.2, 0.25) is 5.91 Å². The molecule has 0 heterocycles. The van der Waals surface area contributed by atoms with Crippen LogP contribution in [0.15, 0.2) is 36.4 Å². The summed E-state index contributed by atoms with van der Waals surface area (Å²) >= 11 is 5.87. The van der Waals surface area contributed by atoms with Crippen molar-refractivity contribution in [3.63, 3.8) is 0 Å². The normalized spacial score (nSPS) is 20.0. The zero-order valence-corrected chi connectivity index (χ0v) is 11.4. The molecule has 1 aromatic rings. The van der Waals surface area contributed by atoms with Crippen LogP contribution in [0, 0.1) is 5.92 Å². The molecule has 4 heteroatoms. The number of aliphatic hydroxyl groups is 1. The highest BCUT2D eigenvalue weighted by atomic mass is 35.5. The molecule has 0 spiro atoms. The molecule has 1 aliphatic rings. The van der Waals surface area contributed by atoms with Gasteiger partial charge in [-0.25, -0.2) is 0 Å². The predicted octanol–water partition coefficient (Wildman–Crippen LogP) is 2.85. The number of nitrogens with one attached hydrogen (secondary N) is 1. The van der Waals surface area contributed by atoms with Crippen molar-refractivity contribution in [2.75, 3.05) is 6.54 Å². The number of carbonyl (C=O) groups is 1. The van der Waals surface area contributed by atoms with E-state index in [1.807, 2.05) is 6.08 Å². The van der Waals surface area contributed by atoms with Crippen molar-refractivity contribution in [1.29, 1.82) is 0 Å². The second-order valence-corrected chi connectivity index (χ2v) is 5.23. The van der Waals surface area contributed by atoms with Crippen molar-refractivity contribution >= 4 is 17.5 Å². The van der Waals surface area contributed by atoms with Gasteiger partial charge in [0.1, 0.15) is 0 Å². The molecule has 102 valence electrons.